The van der Waals surface area contributed by atoms with Gasteiger partial charge in [0.25, 0.3) is 0 Å². The van der Waals surface area contributed by atoms with Crippen molar-refractivity contribution in [3.8, 4) is 11.3 Å². The summed E-state index contributed by atoms with van der Waals surface area (Å²) in [7, 11) is 0. The number of hydrogen-bond acceptors (Lipinski definition) is 3. The first-order valence-electron chi connectivity index (χ1n) is 5.08. The van der Waals surface area contributed by atoms with E-state index in [1.165, 1.54) is 5.56 Å². The SMILES string of the molecule is Cc1ncc(-c2ccc(C)c(Br)c2)[nH]1.O=C([O-])O.[K+]. The van der Waals surface area contributed by atoms with Gasteiger partial charge >= 0.3 is 51.4 Å². The van der Waals surface area contributed by atoms with Crippen LogP contribution in [0.25, 0.3) is 11.3 Å². The zero-order chi connectivity index (χ0) is 13.7. The third kappa shape index (κ3) is 6.69. The van der Waals surface area contributed by atoms with Crippen LogP contribution in [-0.2, 0) is 0 Å². The second-order valence-corrected chi connectivity index (χ2v) is 4.47. The number of carbonyl (C=O) groups is 1. The molecule has 0 saturated heterocycles. The van der Waals surface area contributed by atoms with Crippen LogP contribution in [0.1, 0.15) is 11.4 Å². The summed E-state index contributed by atoms with van der Waals surface area (Å²) < 4.78 is 1.13. The number of aromatic amines is 1. The predicted octanol–water partition coefficient (Wildman–Crippen LogP) is -0.652. The second kappa shape index (κ2) is 8.88. The number of carboxylic acid groups (broad SMARTS) is 2. The third-order valence-electron chi connectivity index (χ3n) is 2.19. The molecule has 0 radical (unpaired) electrons. The van der Waals surface area contributed by atoms with Crippen LogP contribution in [0.3, 0.4) is 0 Å². The number of aryl methyl sites for hydroxylation is 2. The fraction of sp³-hybridized carbons (Fsp3) is 0.167. The molecule has 0 spiro atoms. The molecule has 2 aromatic rings. The van der Waals surface area contributed by atoms with E-state index < -0.39 is 6.16 Å². The third-order valence-corrected chi connectivity index (χ3v) is 3.04. The fourth-order valence-corrected chi connectivity index (χ4v) is 1.71. The summed E-state index contributed by atoms with van der Waals surface area (Å²) in [5, 5.41) is 15.3. The number of nitrogens with zero attached hydrogens (tertiary/aromatic N) is 1. The molecule has 1 aromatic carbocycles. The summed E-state index contributed by atoms with van der Waals surface area (Å²) in [6.07, 6.45) is -0.230. The van der Waals surface area contributed by atoms with E-state index in [4.69, 9.17) is 15.0 Å². The van der Waals surface area contributed by atoms with E-state index in [1.54, 1.807) is 0 Å². The van der Waals surface area contributed by atoms with Crippen LogP contribution in [0, 0.1) is 13.8 Å². The van der Waals surface area contributed by atoms with E-state index in [1.807, 2.05) is 13.1 Å². The molecule has 1 aromatic heterocycles. The Hall–Kier alpha value is -0.184. The Balaban J connectivity index is 0.000000576. The standard InChI is InChI=1S/C11H11BrN2.CH2O3.K/c1-7-3-4-9(5-10(7)12)11-6-13-8(2)14-11;2-1(3)4;/h3-6H,1-2H3,(H,13,14);(H2,2,3,4);/q;;+1/p-1. The number of nitrogens with one attached hydrogen (secondary N) is 1. The van der Waals surface area contributed by atoms with Gasteiger partial charge in [0.05, 0.1) is 11.9 Å². The van der Waals surface area contributed by atoms with Gasteiger partial charge in [-0.3, -0.25) is 0 Å². The van der Waals surface area contributed by atoms with Gasteiger partial charge in [-0.25, -0.2) is 4.98 Å². The molecule has 5 nitrogen and oxygen atoms in total. The molecule has 0 aliphatic carbocycles. The summed E-state index contributed by atoms with van der Waals surface area (Å²) in [6, 6.07) is 6.28. The summed E-state index contributed by atoms with van der Waals surface area (Å²) >= 11 is 3.52. The molecule has 2 rings (SSSR count). The molecule has 0 unspecified atom stereocenters. The van der Waals surface area contributed by atoms with Crippen LogP contribution in [-0.4, -0.2) is 21.2 Å². The van der Waals surface area contributed by atoms with Crippen LogP contribution >= 0.6 is 15.9 Å². The number of benzene rings is 1. The molecular formula is C12H12BrKN2O3. The van der Waals surface area contributed by atoms with E-state index in [9.17, 15) is 0 Å². The maximum absolute atomic E-state index is 8.44. The number of H-pyrrole nitrogens is 1. The molecule has 2 N–H and O–H groups in total. The van der Waals surface area contributed by atoms with E-state index in [0.717, 1.165) is 21.6 Å². The molecular weight excluding hydrogens is 339 g/mol. The minimum atomic E-state index is -2.08. The molecule has 0 saturated carbocycles. The van der Waals surface area contributed by atoms with Gasteiger partial charge in [0.15, 0.2) is 0 Å². The predicted molar refractivity (Wildman–Crippen MR) is 69.2 cm³/mol. The van der Waals surface area contributed by atoms with Gasteiger partial charge in [-0.2, -0.15) is 0 Å². The molecule has 19 heavy (non-hydrogen) atoms. The number of imidazole rings is 1. The van der Waals surface area contributed by atoms with Gasteiger partial charge in [-0.05, 0) is 25.5 Å². The van der Waals surface area contributed by atoms with E-state index in [0.29, 0.717) is 0 Å². The Bertz CT molecular complexity index is 554. The smallest absolute Gasteiger partial charge is 0.565 e. The van der Waals surface area contributed by atoms with Crippen molar-refractivity contribution in [2.45, 2.75) is 13.8 Å². The first-order valence-corrected chi connectivity index (χ1v) is 5.87. The number of rotatable bonds is 1. The van der Waals surface area contributed by atoms with Gasteiger partial charge in [-0.1, -0.05) is 28.1 Å². The van der Waals surface area contributed by atoms with Crippen molar-refractivity contribution in [3.05, 3.63) is 40.3 Å². The van der Waals surface area contributed by atoms with Gasteiger partial charge in [-0.15, -0.1) is 0 Å². The summed E-state index contributed by atoms with van der Waals surface area (Å²) in [5.74, 6) is 0.941. The van der Waals surface area contributed by atoms with Crippen LogP contribution < -0.4 is 56.5 Å². The molecule has 0 aliphatic heterocycles. The minimum Gasteiger partial charge on any atom is -0.565 e. The zero-order valence-electron chi connectivity index (χ0n) is 10.9. The van der Waals surface area contributed by atoms with Crippen molar-refractivity contribution in [1.82, 2.24) is 9.97 Å². The summed E-state index contributed by atoms with van der Waals surface area (Å²) in [4.78, 5) is 15.8. The average molecular weight is 351 g/mol. The van der Waals surface area contributed by atoms with E-state index in [-0.39, 0.29) is 51.4 Å². The Morgan fingerprint density at radius 1 is 1.42 bits per heavy atom. The van der Waals surface area contributed by atoms with Crippen LogP contribution in [0.15, 0.2) is 28.9 Å². The zero-order valence-corrected chi connectivity index (χ0v) is 15.6. The van der Waals surface area contributed by atoms with E-state index >= 15 is 0 Å². The topological polar surface area (TPSA) is 89.0 Å². The molecule has 0 fully saturated rings. The fourth-order valence-electron chi connectivity index (χ4n) is 1.33. The van der Waals surface area contributed by atoms with Crippen LogP contribution in [0.5, 0.6) is 0 Å². The van der Waals surface area contributed by atoms with Crippen molar-refractivity contribution in [1.29, 1.82) is 0 Å². The van der Waals surface area contributed by atoms with Gasteiger partial charge in [0.1, 0.15) is 5.82 Å². The molecule has 0 bridgehead atoms. The van der Waals surface area contributed by atoms with Crippen molar-refractivity contribution in [3.63, 3.8) is 0 Å². The Labute approximate surface area is 162 Å². The molecule has 0 atom stereocenters. The Kier molecular flexibility index (Phi) is 8.80. The second-order valence-electron chi connectivity index (χ2n) is 3.61. The van der Waals surface area contributed by atoms with Crippen molar-refractivity contribution < 1.29 is 66.4 Å². The van der Waals surface area contributed by atoms with Crippen molar-refractivity contribution >= 4 is 22.1 Å². The van der Waals surface area contributed by atoms with Gasteiger partial charge in [0.2, 0.25) is 6.16 Å². The van der Waals surface area contributed by atoms with Crippen LogP contribution in [0.2, 0.25) is 0 Å². The van der Waals surface area contributed by atoms with Crippen molar-refractivity contribution in [2.75, 3.05) is 0 Å². The average Bonchev–Trinajstić information content (AvgIpc) is 2.68. The number of hydrogen-bond donors (Lipinski definition) is 2. The Morgan fingerprint density at radius 2 is 2.00 bits per heavy atom. The normalized spacial score (nSPS) is 9.00. The number of halogens is 1. The summed E-state index contributed by atoms with van der Waals surface area (Å²) in [5.41, 5.74) is 3.45. The minimum absolute atomic E-state index is 0. The molecule has 0 amide bonds. The first kappa shape index (κ1) is 18.8. The van der Waals surface area contributed by atoms with Crippen molar-refractivity contribution in [2.24, 2.45) is 0 Å². The van der Waals surface area contributed by atoms with Gasteiger partial charge in [0, 0.05) is 10.0 Å². The monoisotopic (exact) mass is 350 g/mol. The molecule has 96 valence electrons. The maximum atomic E-state index is 8.44. The molecule has 7 heteroatoms. The van der Waals surface area contributed by atoms with Crippen LogP contribution in [0.4, 0.5) is 4.79 Å². The summed E-state index contributed by atoms with van der Waals surface area (Å²) in [6.45, 7) is 4.03. The van der Waals surface area contributed by atoms with Gasteiger partial charge < -0.3 is 20.0 Å². The number of aromatic nitrogens is 2. The molecule has 0 aliphatic rings. The largest absolute Gasteiger partial charge is 1.00 e. The first-order chi connectivity index (χ1) is 8.40. The quantitative estimate of drug-likeness (QED) is 0.668. The van der Waals surface area contributed by atoms with E-state index in [2.05, 4.69) is 51.0 Å². The molecule has 1 heterocycles. The maximum Gasteiger partial charge on any atom is 1.00 e. The Morgan fingerprint density at radius 3 is 2.42 bits per heavy atom.